The average molecular weight is 287 g/mol. The van der Waals surface area contributed by atoms with E-state index in [1.807, 2.05) is 0 Å². The van der Waals surface area contributed by atoms with Crippen LogP contribution in [-0.4, -0.2) is 13.2 Å². The molecule has 0 bridgehead atoms. The van der Waals surface area contributed by atoms with E-state index in [0.29, 0.717) is 0 Å². The third-order valence-electron chi connectivity index (χ3n) is 5.82. The molecule has 2 heteroatoms. The van der Waals surface area contributed by atoms with Gasteiger partial charge in [0.15, 0.2) is 0 Å². The molecule has 2 aliphatic carbocycles. The Bertz CT molecular complexity index is 499. The molecule has 2 fully saturated rings. The molecule has 0 aliphatic heterocycles. The van der Waals surface area contributed by atoms with Crippen LogP contribution in [0.4, 0.5) is 0 Å². The van der Waals surface area contributed by atoms with E-state index in [-0.39, 0.29) is 5.41 Å². The summed E-state index contributed by atoms with van der Waals surface area (Å²) < 4.78 is 6.26. The molecule has 0 aromatic heterocycles. The Labute approximate surface area is 129 Å². The first-order valence-corrected chi connectivity index (χ1v) is 8.59. The maximum Gasteiger partial charge on any atom is 0.123 e. The summed E-state index contributed by atoms with van der Waals surface area (Å²) in [7, 11) is 0. The molecule has 1 aromatic carbocycles. The Morgan fingerprint density at radius 3 is 2.33 bits per heavy atom. The summed E-state index contributed by atoms with van der Waals surface area (Å²) in [6, 6.07) is 4.60. The van der Waals surface area contributed by atoms with Crippen LogP contribution in [0.2, 0.25) is 0 Å². The SMILES string of the molecule is Cc1cc(OCC2CCC2)c(C2(CN)CCCC2)cc1C. The van der Waals surface area contributed by atoms with Gasteiger partial charge in [0.05, 0.1) is 6.61 Å². The molecule has 0 spiro atoms. The van der Waals surface area contributed by atoms with Crippen molar-refractivity contribution in [2.45, 2.75) is 64.2 Å². The van der Waals surface area contributed by atoms with Gasteiger partial charge in [-0.25, -0.2) is 0 Å². The van der Waals surface area contributed by atoms with Crippen LogP contribution in [0.5, 0.6) is 5.75 Å². The van der Waals surface area contributed by atoms with Gasteiger partial charge in [0, 0.05) is 17.5 Å². The number of ether oxygens (including phenoxy) is 1. The monoisotopic (exact) mass is 287 g/mol. The average Bonchev–Trinajstić information content (AvgIpc) is 2.90. The fraction of sp³-hybridized carbons (Fsp3) is 0.684. The van der Waals surface area contributed by atoms with Gasteiger partial charge in [-0.3, -0.25) is 0 Å². The van der Waals surface area contributed by atoms with Gasteiger partial charge in [0.1, 0.15) is 5.75 Å². The molecular formula is C19H29NO. The van der Waals surface area contributed by atoms with E-state index in [9.17, 15) is 0 Å². The molecule has 1 aromatic rings. The summed E-state index contributed by atoms with van der Waals surface area (Å²) in [5.41, 5.74) is 10.4. The lowest BCUT2D eigenvalue weighted by molar-refractivity contribution is 0.177. The fourth-order valence-electron chi connectivity index (χ4n) is 3.83. The highest BCUT2D eigenvalue weighted by molar-refractivity contribution is 5.47. The molecular weight excluding hydrogens is 258 g/mol. The maximum absolute atomic E-state index is 6.26. The topological polar surface area (TPSA) is 35.2 Å². The number of hydrogen-bond acceptors (Lipinski definition) is 2. The highest BCUT2D eigenvalue weighted by atomic mass is 16.5. The van der Waals surface area contributed by atoms with Gasteiger partial charge < -0.3 is 10.5 Å². The zero-order valence-electron chi connectivity index (χ0n) is 13.6. The van der Waals surface area contributed by atoms with Gasteiger partial charge in [-0.2, -0.15) is 0 Å². The van der Waals surface area contributed by atoms with Crippen molar-refractivity contribution in [2.75, 3.05) is 13.2 Å². The van der Waals surface area contributed by atoms with Gasteiger partial charge in [-0.1, -0.05) is 25.3 Å². The standard InChI is InChI=1S/C19H29NO/c1-14-10-17(19(13-20)8-3-4-9-19)18(11-15(14)2)21-12-16-6-5-7-16/h10-11,16H,3-9,12-13,20H2,1-2H3. The van der Waals surface area contributed by atoms with Crippen LogP contribution in [0.1, 0.15) is 61.6 Å². The summed E-state index contributed by atoms with van der Waals surface area (Å²) in [6.45, 7) is 6.01. The first-order valence-electron chi connectivity index (χ1n) is 8.59. The minimum atomic E-state index is 0.160. The van der Waals surface area contributed by atoms with E-state index in [1.165, 1.54) is 61.6 Å². The van der Waals surface area contributed by atoms with E-state index in [1.54, 1.807) is 0 Å². The lowest BCUT2D eigenvalue weighted by Gasteiger charge is -2.32. The normalized spacial score (nSPS) is 21.3. The van der Waals surface area contributed by atoms with Crippen LogP contribution in [-0.2, 0) is 5.41 Å². The minimum Gasteiger partial charge on any atom is -0.493 e. The van der Waals surface area contributed by atoms with Gasteiger partial charge in [0.25, 0.3) is 0 Å². The molecule has 2 N–H and O–H groups in total. The third-order valence-corrected chi connectivity index (χ3v) is 5.82. The van der Waals surface area contributed by atoms with E-state index in [2.05, 4.69) is 26.0 Å². The molecule has 2 nitrogen and oxygen atoms in total. The second-order valence-electron chi connectivity index (χ2n) is 7.23. The van der Waals surface area contributed by atoms with Gasteiger partial charge in [-0.15, -0.1) is 0 Å². The van der Waals surface area contributed by atoms with Crippen LogP contribution in [0, 0.1) is 19.8 Å². The fourth-order valence-corrected chi connectivity index (χ4v) is 3.83. The van der Waals surface area contributed by atoms with Crippen molar-refractivity contribution in [3.05, 3.63) is 28.8 Å². The van der Waals surface area contributed by atoms with E-state index >= 15 is 0 Å². The summed E-state index contributed by atoms with van der Waals surface area (Å²) >= 11 is 0. The number of nitrogens with two attached hydrogens (primary N) is 1. The molecule has 0 saturated heterocycles. The molecule has 3 rings (SSSR count). The van der Waals surface area contributed by atoms with E-state index in [0.717, 1.165) is 24.8 Å². The smallest absolute Gasteiger partial charge is 0.123 e. The van der Waals surface area contributed by atoms with Crippen LogP contribution < -0.4 is 10.5 Å². The summed E-state index contributed by atoms with van der Waals surface area (Å²) in [6.07, 6.45) is 9.07. The van der Waals surface area contributed by atoms with Crippen molar-refractivity contribution >= 4 is 0 Å². The molecule has 2 aliphatic rings. The summed E-state index contributed by atoms with van der Waals surface area (Å²) in [5, 5.41) is 0. The van der Waals surface area contributed by atoms with Crippen LogP contribution in [0.15, 0.2) is 12.1 Å². The lowest BCUT2D eigenvalue weighted by atomic mass is 9.77. The van der Waals surface area contributed by atoms with Gasteiger partial charge in [-0.05, 0) is 62.6 Å². The maximum atomic E-state index is 6.26. The summed E-state index contributed by atoms with van der Waals surface area (Å²) in [5.74, 6) is 1.88. The van der Waals surface area contributed by atoms with E-state index in [4.69, 9.17) is 10.5 Å². The largest absolute Gasteiger partial charge is 0.493 e. The molecule has 0 amide bonds. The highest BCUT2D eigenvalue weighted by Gasteiger charge is 2.37. The molecule has 0 heterocycles. The van der Waals surface area contributed by atoms with Crippen molar-refractivity contribution in [3.8, 4) is 5.75 Å². The number of benzene rings is 1. The molecule has 21 heavy (non-hydrogen) atoms. The Balaban J connectivity index is 1.90. The summed E-state index contributed by atoms with van der Waals surface area (Å²) in [4.78, 5) is 0. The molecule has 2 saturated carbocycles. The quantitative estimate of drug-likeness (QED) is 0.878. The van der Waals surface area contributed by atoms with Crippen LogP contribution in [0.25, 0.3) is 0 Å². The molecule has 0 atom stereocenters. The predicted molar refractivity (Wildman–Crippen MR) is 88.0 cm³/mol. The molecule has 116 valence electrons. The second-order valence-corrected chi connectivity index (χ2v) is 7.23. The number of rotatable bonds is 5. The van der Waals surface area contributed by atoms with Crippen molar-refractivity contribution in [1.82, 2.24) is 0 Å². The van der Waals surface area contributed by atoms with Gasteiger partial charge in [0.2, 0.25) is 0 Å². The molecule has 0 unspecified atom stereocenters. The Kier molecular flexibility index (Phi) is 4.26. The Morgan fingerprint density at radius 1 is 1.10 bits per heavy atom. The Hall–Kier alpha value is -1.02. The molecule has 0 radical (unpaired) electrons. The predicted octanol–water partition coefficient (Wildman–Crippen LogP) is 4.25. The zero-order valence-corrected chi connectivity index (χ0v) is 13.6. The van der Waals surface area contributed by atoms with Crippen molar-refractivity contribution in [1.29, 1.82) is 0 Å². The van der Waals surface area contributed by atoms with E-state index < -0.39 is 0 Å². The van der Waals surface area contributed by atoms with Crippen LogP contribution in [0.3, 0.4) is 0 Å². The van der Waals surface area contributed by atoms with Crippen molar-refractivity contribution < 1.29 is 4.74 Å². The van der Waals surface area contributed by atoms with Gasteiger partial charge >= 0.3 is 0 Å². The number of hydrogen-bond donors (Lipinski definition) is 1. The van der Waals surface area contributed by atoms with Crippen molar-refractivity contribution in [2.24, 2.45) is 11.7 Å². The zero-order chi connectivity index (χ0) is 14.9. The second kappa shape index (κ2) is 6.00. The first kappa shape index (κ1) is 14.9. The highest BCUT2D eigenvalue weighted by Crippen LogP contribution is 2.45. The minimum absolute atomic E-state index is 0.160. The first-order chi connectivity index (χ1) is 10.1. The number of aryl methyl sites for hydroxylation is 2. The lowest BCUT2D eigenvalue weighted by Crippen LogP contribution is -2.33. The Morgan fingerprint density at radius 2 is 1.76 bits per heavy atom. The third kappa shape index (κ3) is 2.83. The van der Waals surface area contributed by atoms with Crippen molar-refractivity contribution in [3.63, 3.8) is 0 Å². The van der Waals surface area contributed by atoms with Crippen LogP contribution >= 0.6 is 0 Å².